The monoisotopic (exact) mass is 264 g/mol. The number of nitro benzene ring substituents is 1. The average molecular weight is 264 g/mol. The molecule has 19 heavy (non-hydrogen) atoms. The largest absolute Gasteiger partial charge is 0.350 e. The summed E-state index contributed by atoms with van der Waals surface area (Å²) in [5.41, 5.74) is 0.267. The summed E-state index contributed by atoms with van der Waals surface area (Å²) >= 11 is 0. The molecule has 0 aliphatic carbocycles. The van der Waals surface area contributed by atoms with Crippen LogP contribution in [0.2, 0.25) is 0 Å². The first-order valence-corrected chi connectivity index (χ1v) is 6.60. The Morgan fingerprint density at radius 1 is 1.42 bits per heavy atom. The maximum Gasteiger partial charge on any atom is 0.270 e. The summed E-state index contributed by atoms with van der Waals surface area (Å²) in [6.07, 6.45) is 4.30. The molecule has 1 aromatic carbocycles. The predicted molar refractivity (Wildman–Crippen MR) is 74.2 cm³/mol. The van der Waals surface area contributed by atoms with E-state index in [0.29, 0.717) is 5.56 Å². The number of hydrogen-bond acceptors (Lipinski definition) is 3. The Kier molecular flexibility index (Phi) is 5.99. The molecule has 0 radical (unpaired) electrons. The Morgan fingerprint density at radius 3 is 2.79 bits per heavy atom. The van der Waals surface area contributed by atoms with Crippen LogP contribution in [0.5, 0.6) is 0 Å². The van der Waals surface area contributed by atoms with E-state index < -0.39 is 4.92 Å². The van der Waals surface area contributed by atoms with Crippen molar-refractivity contribution in [2.24, 2.45) is 0 Å². The molecule has 0 fully saturated rings. The van der Waals surface area contributed by atoms with E-state index in [1.807, 2.05) is 6.92 Å². The highest BCUT2D eigenvalue weighted by molar-refractivity contribution is 5.94. The maximum atomic E-state index is 11.9. The summed E-state index contributed by atoms with van der Waals surface area (Å²) in [4.78, 5) is 22.1. The van der Waals surface area contributed by atoms with E-state index in [4.69, 9.17) is 0 Å². The van der Waals surface area contributed by atoms with Crippen molar-refractivity contribution in [3.63, 3.8) is 0 Å². The van der Waals surface area contributed by atoms with Gasteiger partial charge in [0.1, 0.15) is 0 Å². The third kappa shape index (κ3) is 5.07. The molecule has 0 saturated heterocycles. The van der Waals surface area contributed by atoms with Gasteiger partial charge in [0, 0.05) is 23.7 Å². The fraction of sp³-hybridized carbons (Fsp3) is 0.500. The molecule has 0 heterocycles. The Morgan fingerprint density at radius 2 is 2.16 bits per heavy atom. The topological polar surface area (TPSA) is 72.2 Å². The molecular formula is C14H20N2O3. The van der Waals surface area contributed by atoms with Gasteiger partial charge in [-0.25, -0.2) is 0 Å². The minimum atomic E-state index is -0.499. The second-order valence-electron chi connectivity index (χ2n) is 4.68. The number of nitrogens with zero attached hydrogens (tertiary/aromatic N) is 1. The molecule has 1 amide bonds. The predicted octanol–water partition coefficient (Wildman–Crippen LogP) is 3.29. The molecule has 1 atom stereocenters. The van der Waals surface area contributed by atoms with Crippen molar-refractivity contribution >= 4 is 11.6 Å². The molecule has 1 rings (SSSR count). The lowest BCUT2D eigenvalue weighted by molar-refractivity contribution is -0.384. The normalized spacial score (nSPS) is 11.9. The second-order valence-corrected chi connectivity index (χ2v) is 4.68. The number of nitrogens with one attached hydrogen (secondary N) is 1. The van der Waals surface area contributed by atoms with E-state index in [1.54, 1.807) is 6.07 Å². The van der Waals surface area contributed by atoms with Crippen LogP contribution in [0.25, 0.3) is 0 Å². The van der Waals surface area contributed by atoms with Gasteiger partial charge in [0.05, 0.1) is 4.92 Å². The van der Waals surface area contributed by atoms with Crippen LogP contribution in [-0.2, 0) is 0 Å². The van der Waals surface area contributed by atoms with Gasteiger partial charge >= 0.3 is 0 Å². The number of carbonyl (C=O) groups excluding carboxylic acids is 1. The van der Waals surface area contributed by atoms with Crippen LogP contribution in [0.4, 0.5) is 5.69 Å². The highest BCUT2D eigenvalue weighted by Gasteiger charge is 2.13. The van der Waals surface area contributed by atoms with Gasteiger partial charge in [0.25, 0.3) is 11.6 Å². The van der Waals surface area contributed by atoms with Crippen LogP contribution >= 0.6 is 0 Å². The number of nitro groups is 1. The SMILES string of the molecule is CCCCC[C@@H](C)NC(=O)c1cccc([N+](=O)[O-])c1. The molecule has 1 N–H and O–H groups in total. The van der Waals surface area contributed by atoms with Gasteiger partial charge in [-0.1, -0.05) is 32.3 Å². The van der Waals surface area contributed by atoms with E-state index in [2.05, 4.69) is 12.2 Å². The van der Waals surface area contributed by atoms with Crippen LogP contribution < -0.4 is 5.32 Å². The van der Waals surface area contributed by atoms with Crippen LogP contribution in [0.1, 0.15) is 49.9 Å². The Hall–Kier alpha value is -1.91. The number of unbranched alkanes of at least 4 members (excludes halogenated alkanes) is 2. The van der Waals surface area contributed by atoms with Crippen LogP contribution in [-0.4, -0.2) is 16.9 Å². The van der Waals surface area contributed by atoms with Gasteiger partial charge in [-0.3, -0.25) is 14.9 Å². The minimum Gasteiger partial charge on any atom is -0.350 e. The summed E-state index contributed by atoms with van der Waals surface area (Å²) in [6.45, 7) is 4.08. The molecule has 0 saturated carbocycles. The Bertz CT molecular complexity index is 446. The van der Waals surface area contributed by atoms with Crippen molar-refractivity contribution in [2.45, 2.75) is 45.6 Å². The average Bonchev–Trinajstić information content (AvgIpc) is 2.39. The minimum absolute atomic E-state index is 0.0636. The molecule has 0 aliphatic heterocycles. The summed E-state index contributed by atoms with van der Waals surface area (Å²) in [5.74, 6) is -0.257. The zero-order valence-corrected chi connectivity index (χ0v) is 11.4. The van der Waals surface area contributed by atoms with Crippen molar-refractivity contribution in [2.75, 3.05) is 0 Å². The lowest BCUT2D eigenvalue weighted by Crippen LogP contribution is -2.32. The van der Waals surface area contributed by atoms with E-state index in [-0.39, 0.29) is 17.6 Å². The molecule has 104 valence electrons. The van der Waals surface area contributed by atoms with E-state index in [0.717, 1.165) is 25.7 Å². The first-order chi connectivity index (χ1) is 9.04. The van der Waals surface area contributed by atoms with Gasteiger partial charge in [-0.15, -0.1) is 0 Å². The van der Waals surface area contributed by atoms with Crippen molar-refractivity contribution in [3.8, 4) is 0 Å². The summed E-state index contributed by atoms with van der Waals surface area (Å²) < 4.78 is 0. The molecule has 0 unspecified atom stereocenters. The van der Waals surface area contributed by atoms with Gasteiger partial charge in [-0.05, 0) is 19.4 Å². The maximum absolute atomic E-state index is 11.9. The number of rotatable bonds is 7. The van der Waals surface area contributed by atoms with Gasteiger partial charge in [0.2, 0.25) is 0 Å². The number of benzene rings is 1. The zero-order valence-electron chi connectivity index (χ0n) is 11.4. The first-order valence-electron chi connectivity index (χ1n) is 6.60. The first kappa shape index (κ1) is 15.1. The Labute approximate surface area is 113 Å². The van der Waals surface area contributed by atoms with Crippen molar-refractivity contribution in [1.82, 2.24) is 5.32 Å². The lowest BCUT2D eigenvalue weighted by atomic mass is 10.1. The fourth-order valence-electron chi connectivity index (χ4n) is 1.84. The highest BCUT2D eigenvalue weighted by Crippen LogP contribution is 2.13. The van der Waals surface area contributed by atoms with Crippen LogP contribution in [0.3, 0.4) is 0 Å². The summed E-state index contributed by atoms with van der Waals surface area (Å²) in [5, 5.41) is 13.5. The van der Waals surface area contributed by atoms with Crippen molar-refractivity contribution in [3.05, 3.63) is 39.9 Å². The summed E-state index contributed by atoms with van der Waals surface area (Å²) in [6, 6.07) is 5.86. The zero-order chi connectivity index (χ0) is 14.3. The smallest absolute Gasteiger partial charge is 0.270 e. The molecule has 0 aromatic heterocycles. The fourth-order valence-corrected chi connectivity index (χ4v) is 1.84. The summed E-state index contributed by atoms with van der Waals surface area (Å²) in [7, 11) is 0. The second kappa shape index (κ2) is 7.51. The van der Waals surface area contributed by atoms with E-state index >= 15 is 0 Å². The molecular weight excluding hydrogens is 244 g/mol. The third-order valence-electron chi connectivity index (χ3n) is 2.94. The van der Waals surface area contributed by atoms with Crippen molar-refractivity contribution < 1.29 is 9.72 Å². The van der Waals surface area contributed by atoms with Gasteiger partial charge in [-0.2, -0.15) is 0 Å². The molecule has 5 heteroatoms. The van der Waals surface area contributed by atoms with Crippen LogP contribution in [0, 0.1) is 10.1 Å². The van der Waals surface area contributed by atoms with Gasteiger partial charge in [0.15, 0.2) is 0 Å². The number of carbonyl (C=O) groups is 1. The molecule has 1 aromatic rings. The van der Waals surface area contributed by atoms with Crippen LogP contribution in [0.15, 0.2) is 24.3 Å². The highest BCUT2D eigenvalue weighted by atomic mass is 16.6. The standard InChI is InChI=1S/C14H20N2O3/c1-3-4-5-7-11(2)15-14(17)12-8-6-9-13(10-12)16(18)19/h6,8-11H,3-5,7H2,1-2H3,(H,15,17)/t11-/m1/s1. The number of non-ortho nitro benzene ring substituents is 1. The number of hydrogen-bond donors (Lipinski definition) is 1. The van der Waals surface area contributed by atoms with Crippen molar-refractivity contribution in [1.29, 1.82) is 0 Å². The lowest BCUT2D eigenvalue weighted by Gasteiger charge is -2.13. The van der Waals surface area contributed by atoms with E-state index in [9.17, 15) is 14.9 Å². The third-order valence-corrected chi connectivity index (χ3v) is 2.94. The Balaban J connectivity index is 2.57. The number of amides is 1. The molecule has 0 aliphatic rings. The quantitative estimate of drug-likeness (QED) is 0.466. The molecule has 0 bridgehead atoms. The van der Waals surface area contributed by atoms with Gasteiger partial charge < -0.3 is 5.32 Å². The van der Waals surface area contributed by atoms with E-state index in [1.165, 1.54) is 18.2 Å². The molecule has 5 nitrogen and oxygen atoms in total. The molecule has 0 spiro atoms.